The second kappa shape index (κ2) is 5.12. The quantitative estimate of drug-likeness (QED) is 0.484. The van der Waals surface area contributed by atoms with Gasteiger partial charge in [-0.1, -0.05) is 26.0 Å². The average Bonchev–Trinajstić information content (AvgIpc) is 2.72. The lowest BCUT2D eigenvalue weighted by molar-refractivity contribution is -0.135. The molecule has 0 radical (unpaired) electrons. The van der Waals surface area contributed by atoms with E-state index in [9.17, 15) is 9.90 Å². The summed E-state index contributed by atoms with van der Waals surface area (Å²) in [6, 6.07) is 0. The fraction of sp³-hybridized carbons (Fsp3) is 0.688. The van der Waals surface area contributed by atoms with Gasteiger partial charge in [-0.05, 0) is 43.6 Å². The van der Waals surface area contributed by atoms with E-state index in [1.807, 2.05) is 13.0 Å². The van der Waals surface area contributed by atoms with Crippen molar-refractivity contribution < 1.29 is 14.6 Å². The Morgan fingerprint density at radius 2 is 2.21 bits per heavy atom. The van der Waals surface area contributed by atoms with Gasteiger partial charge in [0.25, 0.3) is 0 Å². The van der Waals surface area contributed by atoms with Crippen molar-refractivity contribution in [3.63, 3.8) is 0 Å². The van der Waals surface area contributed by atoms with Crippen LogP contribution in [0.4, 0.5) is 0 Å². The molecule has 3 heteroatoms. The summed E-state index contributed by atoms with van der Waals surface area (Å²) in [6.07, 6.45) is 8.20. The Morgan fingerprint density at radius 1 is 1.47 bits per heavy atom. The first-order valence-electron chi connectivity index (χ1n) is 7.13. The van der Waals surface area contributed by atoms with Crippen molar-refractivity contribution in [2.45, 2.75) is 58.5 Å². The van der Waals surface area contributed by atoms with Crippen molar-refractivity contribution in [2.75, 3.05) is 6.61 Å². The van der Waals surface area contributed by atoms with Crippen LogP contribution in [0, 0.1) is 5.41 Å². The minimum atomic E-state index is -0.759. The molecule has 0 unspecified atom stereocenters. The number of rotatable bonds is 3. The van der Waals surface area contributed by atoms with Crippen molar-refractivity contribution in [1.82, 2.24) is 0 Å². The number of carbonyl (C=O) groups excluding carboxylic acids is 1. The summed E-state index contributed by atoms with van der Waals surface area (Å²) in [5, 5.41) is 11.0. The van der Waals surface area contributed by atoms with Crippen LogP contribution >= 0.6 is 0 Å². The Morgan fingerprint density at radius 3 is 2.79 bits per heavy atom. The van der Waals surface area contributed by atoms with Crippen LogP contribution in [-0.4, -0.2) is 23.3 Å². The molecular formula is C16H24O3. The van der Waals surface area contributed by atoms with E-state index >= 15 is 0 Å². The monoisotopic (exact) mass is 264 g/mol. The average molecular weight is 264 g/mol. The Balaban J connectivity index is 2.06. The smallest absolute Gasteiger partial charge is 0.333 e. The lowest BCUT2D eigenvalue weighted by Gasteiger charge is -2.46. The fourth-order valence-corrected chi connectivity index (χ4v) is 3.18. The largest absolute Gasteiger partial charge is 0.462 e. The first-order valence-corrected chi connectivity index (χ1v) is 7.13. The van der Waals surface area contributed by atoms with Gasteiger partial charge in [0.15, 0.2) is 0 Å². The van der Waals surface area contributed by atoms with Gasteiger partial charge in [0, 0.05) is 12.0 Å². The predicted octanol–water partition coefficient (Wildman–Crippen LogP) is 3.14. The maximum atomic E-state index is 11.4. The Kier molecular flexibility index (Phi) is 3.86. The third kappa shape index (κ3) is 2.62. The second-order valence-electron chi connectivity index (χ2n) is 6.32. The molecule has 0 aromatic carbocycles. The maximum Gasteiger partial charge on any atom is 0.333 e. The highest BCUT2D eigenvalue weighted by Crippen LogP contribution is 2.46. The zero-order chi connectivity index (χ0) is 14.1. The summed E-state index contributed by atoms with van der Waals surface area (Å²) < 4.78 is 4.91. The molecule has 1 aliphatic heterocycles. The van der Waals surface area contributed by atoms with Crippen LogP contribution in [0.2, 0.25) is 0 Å². The normalized spacial score (nSPS) is 32.3. The molecule has 0 bridgehead atoms. The molecule has 1 saturated heterocycles. The molecule has 2 rings (SSSR count). The lowest BCUT2D eigenvalue weighted by Crippen LogP contribution is -2.47. The summed E-state index contributed by atoms with van der Waals surface area (Å²) in [7, 11) is 0. The fourth-order valence-electron chi connectivity index (χ4n) is 3.18. The summed E-state index contributed by atoms with van der Waals surface area (Å²) in [4.78, 5) is 11.4. The maximum absolute atomic E-state index is 11.4. The molecule has 0 aromatic heterocycles. The number of ether oxygens (including phenoxy) is 1. The van der Waals surface area contributed by atoms with Crippen LogP contribution in [0.15, 0.2) is 23.3 Å². The summed E-state index contributed by atoms with van der Waals surface area (Å²) in [6.45, 7) is 6.76. The molecule has 1 atom stereocenters. The van der Waals surface area contributed by atoms with E-state index in [-0.39, 0.29) is 11.4 Å². The van der Waals surface area contributed by atoms with Crippen LogP contribution in [0.25, 0.3) is 0 Å². The molecule has 1 N–H and O–H groups in total. The van der Waals surface area contributed by atoms with E-state index in [4.69, 9.17) is 4.74 Å². The van der Waals surface area contributed by atoms with Crippen molar-refractivity contribution in [2.24, 2.45) is 5.41 Å². The molecule has 0 amide bonds. The van der Waals surface area contributed by atoms with E-state index in [1.54, 1.807) is 0 Å². The Labute approximate surface area is 115 Å². The van der Waals surface area contributed by atoms with Crippen LogP contribution in [0.3, 0.4) is 0 Å². The molecule has 1 aliphatic carbocycles. The highest BCUT2D eigenvalue weighted by atomic mass is 16.5. The number of aliphatic hydroxyl groups is 1. The third-order valence-electron chi connectivity index (χ3n) is 4.76. The van der Waals surface area contributed by atoms with Gasteiger partial charge < -0.3 is 9.84 Å². The van der Waals surface area contributed by atoms with Crippen molar-refractivity contribution in [1.29, 1.82) is 0 Å². The molecular weight excluding hydrogens is 240 g/mol. The van der Waals surface area contributed by atoms with Gasteiger partial charge in [0.2, 0.25) is 0 Å². The molecule has 0 saturated carbocycles. The van der Waals surface area contributed by atoms with Gasteiger partial charge in [-0.3, -0.25) is 0 Å². The summed E-state index contributed by atoms with van der Waals surface area (Å²) >= 11 is 0. The molecule has 106 valence electrons. The molecule has 2 aliphatic rings. The standard InChI is InChI=1S/C16H24O3/c1-12-6-4-9-15(2,3)16(12,18)10-5-7-13-8-11-19-14(13)17/h6-7,18H,4-5,8-11H2,1-3H3/b13-7-/t16-/m0/s1. The van der Waals surface area contributed by atoms with Crippen LogP contribution in [-0.2, 0) is 9.53 Å². The lowest BCUT2D eigenvalue weighted by atomic mass is 9.63. The third-order valence-corrected chi connectivity index (χ3v) is 4.76. The minimum absolute atomic E-state index is 0.111. The van der Waals surface area contributed by atoms with Crippen molar-refractivity contribution in [3.8, 4) is 0 Å². The summed E-state index contributed by atoms with van der Waals surface area (Å²) in [5.74, 6) is -0.192. The molecule has 1 heterocycles. The molecule has 0 spiro atoms. The predicted molar refractivity (Wildman–Crippen MR) is 74.6 cm³/mol. The summed E-state index contributed by atoms with van der Waals surface area (Å²) in [5.41, 5.74) is 0.959. The van der Waals surface area contributed by atoms with Gasteiger partial charge in [-0.2, -0.15) is 0 Å². The second-order valence-corrected chi connectivity index (χ2v) is 6.32. The van der Waals surface area contributed by atoms with E-state index in [0.29, 0.717) is 19.4 Å². The molecule has 1 fully saturated rings. The number of hydrogen-bond acceptors (Lipinski definition) is 3. The number of carbonyl (C=O) groups is 1. The SMILES string of the molecule is CC1=CCCC(C)(C)[C@]1(O)CC/C=C1/CCOC1=O. The zero-order valence-electron chi connectivity index (χ0n) is 12.2. The van der Waals surface area contributed by atoms with Crippen molar-refractivity contribution in [3.05, 3.63) is 23.3 Å². The molecule has 3 nitrogen and oxygen atoms in total. The highest BCUT2D eigenvalue weighted by Gasteiger charge is 2.45. The first kappa shape index (κ1) is 14.3. The number of esters is 1. The highest BCUT2D eigenvalue weighted by molar-refractivity contribution is 5.90. The number of cyclic esters (lactones) is 1. The van der Waals surface area contributed by atoms with Crippen LogP contribution < -0.4 is 0 Å². The topological polar surface area (TPSA) is 46.5 Å². The van der Waals surface area contributed by atoms with E-state index in [0.717, 1.165) is 30.4 Å². The van der Waals surface area contributed by atoms with Gasteiger partial charge >= 0.3 is 5.97 Å². The zero-order valence-corrected chi connectivity index (χ0v) is 12.2. The van der Waals surface area contributed by atoms with Crippen LogP contribution in [0.1, 0.15) is 52.9 Å². The van der Waals surface area contributed by atoms with Crippen molar-refractivity contribution >= 4 is 5.97 Å². The Hall–Kier alpha value is -1.09. The molecule has 19 heavy (non-hydrogen) atoms. The van der Waals surface area contributed by atoms with Gasteiger partial charge in [0.05, 0.1) is 12.2 Å². The number of hydrogen-bond donors (Lipinski definition) is 1. The minimum Gasteiger partial charge on any atom is -0.462 e. The van der Waals surface area contributed by atoms with Gasteiger partial charge in [0.1, 0.15) is 0 Å². The first-order chi connectivity index (χ1) is 8.87. The van der Waals surface area contributed by atoms with Crippen LogP contribution in [0.5, 0.6) is 0 Å². The van der Waals surface area contributed by atoms with E-state index in [1.165, 1.54) is 0 Å². The van der Waals surface area contributed by atoms with Gasteiger partial charge in [-0.15, -0.1) is 0 Å². The van der Waals surface area contributed by atoms with E-state index in [2.05, 4.69) is 19.9 Å². The van der Waals surface area contributed by atoms with E-state index < -0.39 is 5.60 Å². The Bertz CT molecular complexity index is 431. The molecule has 0 aromatic rings. The van der Waals surface area contributed by atoms with Gasteiger partial charge in [-0.25, -0.2) is 4.79 Å². The number of allylic oxidation sites excluding steroid dienone is 2.